The van der Waals surface area contributed by atoms with E-state index in [-0.39, 0.29) is 0 Å². The zero-order chi connectivity index (χ0) is 13.7. The van der Waals surface area contributed by atoms with Gasteiger partial charge in [0.15, 0.2) is 0 Å². The summed E-state index contributed by atoms with van der Waals surface area (Å²) in [5.41, 5.74) is 6.35. The largest absolute Gasteiger partial charge is 0.389 e. The van der Waals surface area contributed by atoms with Crippen LogP contribution in [-0.4, -0.2) is 41.1 Å². The van der Waals surface area contributed by atoms with Crippen LogP contribution in [0.25, 0.3) is 0 Å². The number of likely N-dealkylation sites (tertiary alicyclic amines) is 1. The maximum Gasteiger partial charge on any atom is 0.125 e. The summed E-state index contributed by atoms with van der Waals surface area (Å²) in [6, 6.07) is 3.83. The summed E-state index contributed by atoms with van der Waals surface area (Å²) in [5, 5.41) is 3.36. The van der Waals surface area contributed by atoms with Gasteiger partial charge in [0.25, 0.3) is 0 Å². The number of hydrogen-bond donors (Lipinski definition) is 2. The molecule has 2 heterocycles. The molecule has 19 heavy (non-hydrogen) atoms. The molecule has 0 aliphatic carbocycles. The highest BCUT2D eigenvalue weighted by Gasteiger charge is 2.14. The second kappa shape index (κ2) is 6.82. The van der Waals surface area contributed by atoms with Gasteiger partial charge in [0.05, 0.1) is 0 Å². The molecule has 1 aliphatic heterocycles. The molecule has 5 heteroatoms. The number of pyridine rings is 1. The first-order valence-electron chi connectivity index (χ1n) is 6.87. The van der Waals surface area contributed by atoms with E-state index in [1.54, 1.807) is 6.20 Å². The number of nitrogens with one attached hydrogen (secondary N) is 1. The zero-order valence-electron chi connectivity index (χ0n) is 11.4. The topological polar surface area (TPSA) is 54.2 Å². The minimum atomic E-state index is 0.390. The summed E-state index contributed by atoms with van der Waals surface area (Å²) in [5.74, 6) is 1.50. The summed E-state index contributed by atoms with van der Waals surface area (Å²) < 4.78 is 0. The third-order valence-electron chi connectivity index (χ3n) is 3.45. The molecular weight excluding hydrogens is 256 g/mol. The lowest BCUT2D eigenvalue weighted by atomic mass is 10.1. The van der Waals surface area contributed by atoms with Crippen molar-refractivity contribution >= 4 is 23.0 Å². The van der Waals surface area contributed by atoms with E-state index >= 15 is 0 Å². The average Bonchev–Trinajstić information content (AvgIpc) is 2.89. The molecule has 0 aromatic carbocycles. The van der Waals surface area contributed by atoms with E-state index in [1.807, 2.05) is 12.1 Å². The molecule has 1 aromatic rings. The fourth-order valence-electron chi connectivity index (χ4n) is 2.39. The Balaban J connectivity index is 1.76. The number of aromatic nitrogens is 1. The molecule has 1 aliphatic rings. The standard InChI is InChI=1S/C14H22N4S/c1-11(10-18-6-2-3-7-18)8-16-13-5-4-12(9-17-13)14(15)19/h4-5,9,11H,2-3,6-8,10H2,1H3,(H2,15,19)(H,16,17). The SMILES string of the molecule is CC(CNc1ccc(C(N)=S)cn1)CN1CCCC1. The van der Waals surface area contributed by atoms with Crippen LogP contribution in [-0.2, 0) is 0 Å². The van der Waals surface area contributed by atoms with E-state index in [0.717, 1.165) is 24.5 Å². The molecule has 4 nitrogen and oxygen atoms in total. The lowest BCUT2D eigenvalue weighted by molar-refractivity contribution is 0.294. The zero-order valence-corrected chi connectivity index (χ0v) is 12.2. The van der Waals surface area contributed by atoms with Crippen molar-refractivity contribution in [1.82, 2.24) is 9.88 Å². The Hall–Kier alpha value is -1.20. The number of hydrogen-bond acceptors (Lipinski definition) is 4. The van der Waals surface area contributed by atoms with Crippen LogP contribution in [0.4, 0.5) is 5.82 Å². The molecular formula is C14H22N4S. The van der Waals surface area contributed by atoms with Crippen molar-refractivity contribution in [2.75, 3.05) is 31.5 Å². The lowest BCUT2D eigenvalue weighted by Crippen LogP contribution is -2.29. The van der Waals surface area contributed by atoms with Crippen LogP contribution in [0.5, 0.6) is 0 Å². The van der Waals surface area contributed by atoms with Gasteiger partial charge in [-0.05, 0) is 44.0 Å². The van der Waals surface area contributed by atoms with Crippen LogP contribution in [0.3, 0.4) is 0 Å². The minimum absolute atomic E-state index is 0.390. The molecule has 104 valence electrons. The van der Waals surface area contributed by atoms with Gasteiger partial charge in [-0.25, -0.2) is 4.98 Å². The molecule has 2 rings (SSSR count). The first kappa shape index (κ1) is 14.2. The second-order valence-electron chi connectivity index (χ2n) is 5.29. The Morgan fingerprint density at radius 2 is 2.21 bits per heavy atom. The highest BCUT2D eigenvalue weighted by molar-refractivity contribution is 7.80. The molecule has 0 radical (unpaired) electrons. The monoisotopic (exact) mass is 278 g/mol. The van der Waals surface area contributed by atoms with Gasteiger partial charge in [0.2, 0.25) is 0 Å². The molecule has 0 bridgehead atoms. The van der Waals surface area contributed by atoms with Crippen LogP contribution in [0, 0.1) is 5.92 Å². The second-order valence-corrected chi connectivity index (χ2v) is 5.73. The highest BCUT2D eigenvalue weighted by Crippen LogP contribution is 2.11. The first-order chi connectivity index (χ1) is 9.15. The molecule has 1 fully saturated rings. The van der Waals surface area contributed by atoms with Crippen molar-refractivity contribution in [3.05, 3.63) is 23.9 Å². The Kier molecular flexibility index (Phi) is 5.10. The number of thiocarbonyl (C=S) groups is 1. The lowest BCUT2D eigenvalue weighted by Gasteiger charge is -2.20. The van der Waals surface area contributed by atoms with Crippen LogP contribution in [0.15, 0.2) is 18.3 Å². The van der Waals surface area contributed by atoms with Gasteiger partial charge in [0, 0.05) is 24.8 Å². The Morgan fingerprint density at radius 3 is 2.79 bits per heavy atom. The number of anilines is 1. The molecule has 1 atom stereocenters. The van der Waals surface area contributed by atoms with Gasteiger partial charge in [-0.1, -0.05) is 19.1 Å². The fourth-order valence-corrected chi connectivity index (χ4v) is 2.51. The van der Waals surface area contributed by atoms with E-state index in [0.29, 0.717) is 10.9 Å². The van der Waals surface area contributed by atoms with E-state index in [1.165, 1.54) is 25.9 Å². The molecule has 0 spiro atoms. The van der Waals surface area contributed by atoms with Crippen molar-refractivity contribution in [3.63, 3.8) is 0 Å². The van der Waals surface area contributed by atoms with Crippen molar-refractivity contribution < 1.29 is 0 Å². The van der Waals surface area contributed by atoms with E-state index in [4.69, 9.17) is 18.0 Å². The highest BCUT2D eigenvalue weighted by atomic mass is 32.1. The van der Waals surface area contributed by atoms with E-state index in [9.17, 15) is 0 Å². The number of nitrogens with two attached hydrogens (primary N) is 1. The van der Waals surface area contributed by atoms with E-state index < -0.39 is 0 Å². The van der Waals surface area contributed by atoms with Crippen LogP contribution >= 0.6 is 12.2 Å². The van der Waals surface area contributed by atoms with Crippen molar-refractivity contribution in [2.24, 2.45) is 11.7 Å². The smallest absolute Gasteiger partial charge is 0.125 e. The Bertz CT molecular complexity index is 412. The maximum atomic E-state index is 5.54. The summed E-state index contributed by atoms with van der Waals surface area (Å²) in [6.45, 7) is 6.89. The van der Waals surface area contributed by atoms with Crippen molar-refractivity contribution in [1.29, 1.82) is 0 Å². The minimum Gasteiger partial charge on any atom is -0.389 e. The Morgan fingerprint density at radius 1 is 1.47 bits per heavy atom. The molecule has 0 saturated carbocycles. The van der Waals surface area contributed by atoms with Gasteiger partial charge in [-0.15, -0.1) is 0 Å². The first-order valence-corrected chi connectivity index (χ1v) is 7.28. The van der Waals surface area contributed by atoms with Crippen LogP contribution in [0.1, 0.15) is 25.3 Å². The summed E-state index contributed by atoms with van der Waals surface area (Å²) in [6.07, 6.45) is 4.42. The maximum absolute atomic E-state index is 5.54. The van der Waals surface area contributed by atoms with Gasteiger partial charge in [0.1, 0.15) is 10.8 Å². The average molecular weight is 278 g/mol. The number of nitrogens with zero attached hydrogens (tertiary/aromatic N) is 2. The third kappa shape index (κ3) is 4.44. The van der Waals surface area contributed by atoms with Gasteiger partial charge in [-0.3, -0.25) is 0 Å². The predicted octanol–water partition coefficient (Wildman–Crippen LogP) is 1.86. The van der Waals surface area contributed by atoms with Gasteiger partial charge >= 0.3 is 0 Å². The van der Waals surface area contributed by atoms with Gasteiger partial charge < -0.3 is 16.0 Å². The fraction of sp³-hybridized carbons (Fsp3) is 0.571. The molecule has 3 N–H and O–H groups in total. The predicted molar refractivity (Wildman–Crippen MR) is 83.5 cm³/mol. The molecule has 1 aromatic heterocycles. The van der Waals surface area contributed by atoms with E-state index in [2.05, 4.69) is 22.1 Å². The summed E-state index contributed by atoms with van der Waals surface area (Å²) in [7, 11) is 0. The quantitative estimate of drug-likeness (QED) is 0.778. The number of rotatable bonds is 6. The van der Waals surface area contributed by atoms with Crippen molar-refractivity contribution in [3.8, 4) is 0 Å². The molecule has 1 saturated heterocycles. The molecule has 1 unspecified atom stereocenters. The summed E-state index contributed by atoms with van der Waals surface area (Å²) in [4.78, 5) is 7.24. The molecule has 0 amide bonds. The summed E-state index contributed by atoms with van der Waals surface area (Å²) >= 11 is 4.90. The van der Waals surface area contributed by atoms with Gasteiger partial charge in [-0.2, -0.15) is 0 Å². The third-order valence-corrected chi connectivity index (χ3v) is 3.68. The normalized spacial score (nSPS) is 17.3. The van der Waals surface area contributed by atoms with Crippen molar-refractivity contribution in [2.45, 2.75) is 19.8 Å². The van der Waals surface area contributed by atoms with Crippen LogP contribution in [0.2, 0.25) is 0 Å². The Labute approximate surface area is 120 Å². The van der Waals surface area contributed by atoms with Crippen LogP contribution < -0.4 is 11.1 Å².